The predicted molar refractivity (Wildman–Crippen MR) is 101 cm³/mol. The summed E-state index contributed by atoms with van der Waals surface area (Å²) in [6, 6.07) is 21.4. The summed E-state index contributed by atoms with van der Waals surface area (Å²) in [6.07, 6.45) is 0. The Bertz CT molecular complexity index is 986. The summed E-state index contributed by atoms with van der Waals surface area (Å²) in [4.78, 5) is 12.4. The van der Waals surface area contributed by atoms with E-state index in [1.807, 2.05) is 24.3 Å². The van der Waals surface area contributed by atoms with Gasteiger partial charge in [0.25, 0.3) is 0 Å². The van der Waals surface area contributed by atoms with E-state index in [1.54, 1.807) is 42.5 Å². The average Bonchev–Trinajstić information content (AvgIpc) is 2.73. The third kappa shape index (κ3) is 4.07. The van der Waals surface area contributed by atoms with Gasteiger partial charge in [-0.05, 0) is 53.6 Å². The molecular formula is C22H17NO4. The van der Waals surface area contributed by atoms with E-state index >= 15 is 0 Å². The number of ether oxygens (including phenoxy) is 3. The van der Waals surface area contributed by atoms with Gasteiger partial charge in [-0.2, -0.15) is 5.26 Å². The summed E-state index contributed by atoms with van der Waals surface area (Å²) in [6.45, 7) is 0. The standard InChI is InChI=1S/C22H17NO4/c1-25-20-12-9-18(13-21(20)26-2)22(24)27-19-10-7-17(8-11-19)16-5-3-15(14-23)4-6-16/h3-13H,1-2H3. The summed E-state index contributed by atoms with van der Waals surface area (Å²) < 4.78 is 15.8. The van der Waals surface area contributed by atoms with Crippen LogP contribution in [-0.2, 0) is 0 Å². The van der Waals surface area contributed by atoms with Crippen LogP contribution in [0.25, 0.3) is 11.1 Å². The van der Waals surface area contributed by atoms with Gasteiger partial charge < -0.3 is 14.2 Å². The number of hydrogen-bond donors (Lipinski definition) is 0. The van der Waals surface area contributed by atoms with Gasteiger partial charge in [0.15, 0.2) is 11.5 Å². The Morgan fingerprint density at radius 3 is 1.96 bits per heavy atom. The fourth-order valence-corrected chi connectivity index (χ4v) is 2.58. The van der Waals surface area contributed by atoms with Crippen molar-refractivity contribution in [3.05, 3.63) is 77.9 Å². The second kappa shape index (κ2) is 8.07. The highest BCUT2D eigenvalue weighted by Crippen LogP contribution is 2.28. The quantitative estimate of drug-likeness (QED) is 0.497. The molecule has 0 N–H and O–H groups in total. The van der Waals surface area contributed by atoms with Crippen LogP contribution in [0.2, 0.25) is 0 Å². The molecule has 27 heavy (non-hydrogen) atoms. The second-order valence-corrected chi connectivity index (χ2v) is 5.67. The Morgan fingerprint density at radius 2 is 1.41 bits per heavy atom. The normalized spacial score (nSPS) is 9.96. The number of rotatable bonds is 5. The van der Waals surface area contributed by atoms with E-state index in [4.69, 9.17) is 19.5 Å². The minimum atomic E-state index is -0.484. The Labute approximate surface area is 157 Å². The summed E-state index contributed by atoms with van der Waals surface area (Å²) in [7, 11) is 3.04. The van der Waals surface area contributed by atoms with Crippen molar-refractivity contribution in [1.29, 1.82) is 5.26 Å². The molecule has 0 fully saturated rings. The SMILES string of the molecule is COc1ccc(C(=O)Oc2ccc(-c3ccc(C#N)cc3)cc2)cc1OC. The molecule has 0 aromatic heterocycles. The summed E-state index contributed by atoms with van der Waals surface area (Å²) in [5.74, 6) is 0.957. The van der Waals surface area contributed by atoms with Crippen LogP contribution >= 0.6 is 0 Å². The topological polar surface area (TPSA) is 68.5 Å². The van der Waals surface area contributed by atoms with E-state index in [-0.39, 0.29) is 0 Å². The van der Waals surface area contributed by atoms with Gasteiger partial charge in [0.05, 0.1) is 31.4 Å². The lowest BCUT2D eigenvalue weighted by atomic mass is 10.0. The lowest BCUT2D eigenvalue weighted by Gasteiger charge is -2.10. The summed E-state index contributed by atoms with van der Waals surface area (Å²) in [5.41, 5.74) is 2.92. The van der Waals surface area contributed by atoms with Crippen molar-refractivity contribution in [2.45, 2.75) is 0 Å². The van der Waals surface area contributed by atoms with Crippen LogP contribution < -0.4 is 14.2 Å². The number of nitriles is 1. The number of nitrogens with zero attached hydrogens (tertiary/aromatic N) is 1. The first-order valence-electron chi connectivity index (χ1n) is 8.19. The predicted octanol–water partition coefficient (Wildman–Crippen LogP) is 4.46. The van der Waals surface area contributed by atoms with Crippen molar-refractivity contribution in [2.24, 2.45) is 0 Å². The highest BCUT2D eigenvalue weighted by molar-refractivity contribution is 5.92. The second-order valence-electron chi connectivity index (χ2n) is 5.67. The molecule has 0 amide bonds. The maximum atomic E-state index is 12.4. The van der Waals surface area contributed by atoms with Crippen molar-refractivity contribution >= 4 is 5.97 Å². The van der Waals surface area contributed by atoms with Crippen molar-refractivity contribution in [3.63, 3.8) is 0 Å². The average molecular weight is 359 g/mol. The van der Waals surface area contributed by atoms with Gasteiger partial charge in [0, 0.05) is 0 Å². The molecular weight excluding hydrogens is 342 g/mol. The molecule has 0 aliphatic rings. The molecule has 0 saturated carbocycles. The maximum absolute atomic E-state index is 12.4. The van der Waals surface area contributed by atoms with E-state index in [9.17, 15) is 4.79 Å². The number of hydrogen-bond acceptors (Lipinski definition) is 5. The van der Waals surface area contributed by atoms with Crippen LogP contribution in [0.1, 0.15) is 15.9 Å². The van der Waals surface area contributed by atoms with E-state index in [2.05, 4.69) is 6.07 Å². The Hall–Kier alpha value is -3.78. The largest absolute Gasteiger partial charge is 0.493 e. The van der Waals surface area contributed by atoms with Crippen molar-refractivity contribution in [3.8, 4) is 34.4 Å². The number of esters is 1. The molecule has 5 heteroatoms. The fourth-order valence-electron chi connectivity index (χ4n) is 2.58. The first-order valence-corrected chi connectivity index (χ1v) is 8.19. The van der Waals surface area contributed by atoms with Crippen LogP contribution in [-0.4, -0.2) is 20.2 Å². The molecule has 134 valence electrons. The third-order valence-electron chi connectivity index (χ3n) is 4.03. The number of methoxy groups -OCH3 is 2. The Kier molecular flexibility index (Phi) is 5.38. The molecule has 5 nitrogen and oxygen atoms in total. The molecule has 3 aromatic rings. The first-order chi connectivity index (χ1) is 13.1. The minimum absolute atomic E-state index is 0.365. The van der Waals surface area contributed by atoms with Gasteiger partial charge in [0.1, 0.15) is 5.75 Å². The lowest BCUT2D eigenvalue weighted by Crippen LogP contribution is -2.08. The van der Waals surface area contributed by atoms with Crippen molar-refractivity contribution in [2.75, 3.05) is 14.2 Å². The molecule has 0 aliphatic heterocycles. The molecule has 0 bridgehead atoms. The first kappa shape index (κ1) is 18.0. The van der Waals surface area contributed by atoms with Gasteiger partial charge >= 0.3 is 5.97 Å². The molecule has 0 radical (unpaired) electrons. The molecule has 3 aromatic carbocycles. The van der Waals surface area contributed by atoms with Crippen LogP contribution in [0.15, 0.2) is 66.7 Å². The zero-order valence-corrected chi connectivity index (χ0v) is 14.9. The van der Waals surface area contributed by atoms with Crippen LogP contribution in [0, 0.1) is 11.3 Å². The van der Waals surface area contributed by atoms with Crippen LogP contribution in [0.5, 0.6) is 17.2 Å². The minimum Gasteiger partial charge on any atom is -0.493 e. The van der Waals surface area contributed by atoms with Gasteiger partial charge in [-0.3, -0.25) is 0 Å². The molecule has 0 spiro atoms. The highest BCUT2D eigenvalue weighted by atomic mass is 16.5. The Balaban J connectivity index is 1.74. The molecule has 0 atom stereocenters. The molecule has 0 unspecified atom stereocenters. The fraction of sp³-hybridized carbons (Fsp3) is 0.0909. The van der Waals surface area contributed by atoms with E-state index in [0.29, 0.717) is 28.4 Å². The van der Waals surface area contributed by atoms with Crippen molar-refractivity contribution < 1.29 is 19.0 Å². The maximum Gasteiger partial charge on any atom is 0.343 e. The van der Waals surface area contributed by atoms with Crippen molar-refractivity contribution in [1.82, 2.24) is 0 Å². The summed E-state index contributed by atoms with van der Waals surface area (Å²) >= 11 is 0. The summed E-state index contributed by atoms with van der Waals surface area (Å²) in [5, 5.41) is 8.86. The van der Waals surface area contributed by atoms with Gasteiger partial charge in [-0.1, -0.05) is 24.3 Å². The Morgan fingerprint density at radius 1 is 0.815 bits per heavy atom. The molecule has 0 heterocycles. The number of carbonyl (C=O) groups is 1. The highest BCUT2D eigenvalue weighted by Gasteiger charge is 2.13. The molecule has 3 rings (SSSR count). The van der Waals surface area contributed by atoms with Gasteiger partial charge in [-0.15, -0.1) is 0 Å². The molecule has 0 aliphatic carbocycles. The number of benzene rings is 3. The van der Waals surface area contributed by atoms with Gasteiger partial charge in [-0.25, -0.2) is 4.79 Å². The number of carbonyl (C=O) groups excluding carboxylic acids is 1. The van der Waals surface area contributed by atoms with E-state index < -0.39 is 5.97 Å². The smallest absolute Gasteiger partial charge is 0.343 e. The molecule has 0 saturated heterocycles. The van der Waals surface area contributed by atoms with E-state index in [0.717, 1.165) is 11.1 Å². The third-order valence-corrected chi connectivity index (χ3v) is 4.03. The van der Waals surface area contributed by atoms with Crippen LogP contribution in [0.3, 0.4) is 0 Å². The zero-order valence-electron chi connectivity index (χ0n) is 14.9. The van der Waals surface area contributed by atoms with Crippen LogP contribution in [0.4, 0.5) is 0 Å². The monoisotopic (exact) mass is 359 g/mol. The van der Waals surface area contributed by atoms with Gasteiger partial charge in [0.2, 0.25) is 0 Å². The zero-order chi connectivity index (χ0) is 19.2. The lowest BCUT2D eigenvalue weighted by molar-refractivity contribution is 0.0734. The van der Waals surface area contributed by atoms with E-state index in [1.165, 1.54) is 14.2 Å².